The highest BCUT2D eigenvalue weighted by atomic mass is 35.5. The van der Waals surface area contributed by atoms with Gasteiger partial charge in [-0.2, -0.15) is 10.2 Å². The molecule has 0 N–H and O–H groups in total. The van der Waals surface area contributed by atoms with Gasteiger partial charge in [0.25, 0.3) is 0 Å². The average molecular weight is 303 g/mol. The zero-order valence-electron chi connectivity index (χ0n) is 11.7. The minimum absolute atomic E-state index is 0.0731. The molecule has 1 atom stereocenters. The number of hydrogen-bond donors (Lipinski definition) is 0. The number of halogens is 1. The summed E-state index contributed by atoms with van der Waals surface area (Å²) in [5, 5.41) is 13.3. The van der Waals surface area contributed by atoms with E-state index >= 15 is 0 Å². The van der Waals surface area contributed by atoms with E-state index < -0.39 is 0 Å². The molecule has 21 heavy (non-hydrogen) atoms. The topological polar surface area (TPSA) is 66.0 Å². The van der Waals surface area contributed by atoms with Crippen LogP contribution >= 0.6 is 11.6 Å². The van der Waals surface area contributed by atoms with Crippen LogP contribution in [0.3, 0.4) is 0 Å². The Labute approximate surface area is 128 Å². The van der Waals surface area contributed by atoms with Crippen molar-refractivity contribution in [2.75, 3.05) is 11.4 Å². The van der Waals surface area contributed by atoms with Gasteiger partial charge in [-0.05, 0) is 44.4 Å². The van der Waals surface area contributed by atoms with E-state index in [1.165, 1.54) is 0 Å². The monoisotopic (exact) mass is 302 g/mol. The molecule has 1 unspecified atom stereocenters. The van der Waals surface area contributed by atoms with E-state index in [2.05, 4.69) is 21.1 Å². The number of aromatic nitrogens is 2. The Morgan fingerprint density at radius 1 is 1.43 bits per heavy atom. The van der Waals surface area contributed by atoms with Crippen LogP contribution in [-0.2, 0) is 0 Å². The lowest BCUT2D eigenvalue weighted by Gasteiger charge is -2.35. The first-order valence-electron chi connectivity index (χ1n) is 6.95. The Morgan fingerprint density at radius 3 is 2.95 bits per heavy atom. The van der Waals surface area contributed by atoms with Crippen molar-refractivity contribution in [2.45, 2.75) is 32.2 Å². The largest absolute Gasteiger partial charge is 0.359 e. The Hall–Kier alpha value is -2.06. The fourth-order valence-electron chi connectivity index (χ4n) is 2.72. The summed E-state index contributed by atoms with van der Waals surface area (Å²) in [4.78, 5) is 6.59. The van der Waals surface area contributed by atoms with E-state index in [0.717, 1.165) is 31.5 Å². The van der Waals surface area contributed by atoms with Gasteiger partial charge in [0.2, 0.25) is 5.89 Å². The van der Waals surface area contributed by atoms with E-state index in [1.54, 1.807) is 6.07 Å². The summed E-state index contributed by atoms with van der Waals surface area (Å²) in [6.07, 6.45) is 3.22. The Kier molecular flexibility index (Phi) is 3.80. The highest BCUT2D eigenvalue weighted by molar-refractivity contribution is 6.32. The number of benzene rings is 1. The van der Waals surface area contributed by atoms with Crippen LogP contribution in [-0.4, -0.2) is 16.7 Å². The lowest BCUT2D eigenvalue weighted by molar-refractivity contribution is 0.321. The number of anilines is 1. The molecule has 1 aromatic heterocycles. The van der Waals surface area contributed by atoms with Crippen molar-refractivity contribution in [1.82, 2.24) is 10.1 Å². The molecule has 0 spiro atoms. The fourth-order valence-corrected chi connectivity index (χ4v) is 2.94. The first-order valence-corrected chi connectivity index (χ1v) is 7.33. The highest BCUT2D eigenvalue weighted by Gasteiger charge is 2.29. The molecule has 1 aliphatic rings. The molecule has 0 bridgehead atoms. The van der Waals surface area contributed by atoms with Gasteiger partial charge in [-0.1, -0.05) is 16.8 Å². The predicted octanol–water partition coefficient (Wildman–Crippen LogP) is 3.63. The summed E-state index contributed by atoms with van der Waals surface area (Å²) in [7, 11) is 0. The van der Waals surface area contributed by atoms with E-state index in [9.17, 15) is 0 Å². The molecule has 2 heterocycles. The predicted molar refractivity (Wildman–Crippen MR) is 79.1 cm³/mol. The third-order valence-electron chi connectivity index (χ3n) is 3.74. The second-order valence-electron chi connectivity index (χ2n) is 5.16. The molecule has 1 aliphatic heterocycles. The smallest absolute Gasteiger partial charge is 0.249 e. The maximum atomic E-state index is 8.97. The number of aryl methyl sites for hydroxylation is 1. The number of nitrogens with zero attached hydrogens (tertiary/aromatic N) is 4. The van der Waals surface area contributed by atoms with Crippen LogP contribution in [0.4, 0.5) is 5.69 Å². The Balaban J connectivity index is 1.94. The Morgan fingerprint density at radius 2 is 2.29 bits per heavy atom. The van der Waals surface area contributed by atoms with Crippen LogP contribution in [0.25, 0.3) is 0 Å². The summed E-state index contributed by atoms with van der Waals surface area (Å²) >= 11 is 6.15. The second-order valence-corrected chi connectivity index (χ2v) is 5.57. The van der Waals surface area contributed by atoms with Crippen molar-refractivity contribution in [3.05, 3.63) is 40.5 Å². The molecule has 0 amide bonds. The quantitative estimate of drug-likeness (QED) is 0.847. The van der Waals surface area contributed by atoms with Crippen LogP contribution in [0.5, 0.6) is 0 Å². The van der Waals surface area contributed by atoms with E-state index in [4.69, 9.17) is 21.4 Å². The molecule has 0 radical (unpaired) electrons. The molecule has 6 heteroatoms. The maximum Gasteiger partial charge on any atom is 0.249 e. The zero-order chi connectivity index (χ0) is 14.8. The minimum atomic E-state index is 0.0731. The molecule has 0 saturated carbocycles. The van der Waals surface area contributed by atoms with Crippen molar-refractivity contribution in [3.63, 3.8) is 0 Å². The summed E-state index contributed by atoms with van der Waals surface area (Å²) in [6.45, 7) is 2.73. The highest BCUT2D eigenvalue weighted by Crippen LogP contribution is 2.35. The Bertz CT molecular complexity index is 691. The molecule has 5 nitrogen and oxygen atoms in total. The van der Waals surface area contributed by atoms with E-state index in [0.29, 0.717) is 22.3 Å². The molecule has 108 valence electrons. The zero-order valence-corrected chi connectivity index (χ0v) is 12.5. The first-order chi connectivity index (χ1) is 10.2. The summed E-state index contributed by atoms with van der Waals surface area (Å²) in [5.41, 5.74) is 1.47. The second kappa shape index (κ2) is 5.74. The number of piperidine rings is 1. The molecule has 3 rings (SSSR count). The van der Waals surface area contributed by atoms with Crippen molar-refractivity contribution in [2.24, 2.45) is 0 Å². The molecule has 1 aromatic carbocycles. The third-order valence-corrected chi connectivity index (χ3v) is 4.05. The summed E-state index contributed by atoms with van der Waals surface area (Å²) in [5.74, 6) is 1.29. The third kappa shape index (κ3) is 2.72. The minimum Gasteiger partial charge on any atom is -0.359 e. The average Bonchev–Trinajstić information content (AvgIpc) is 2.93. The lowest BCUT2D eigenvalue weighted by atomic mass is 10.0. The lowest BCUT2D eigenvalue weighted by Crippen LogP contribution is -2.33. The van der Waals surface area contributed by atoms with Crippen molar-refractivity contribution < 1.29 is 4.52 Å². The van der Waals surface area contributed by atoms with Gasteiger partial charge >= 0.3 is 0 Å². The molecule has 1 fully saturated rings. The summed E-state index contributed by atoms with van der Waals surface area (Å²) in [6, 6.07) is 7.66. The molecule has 0 aliphatic carbocycles. The number of rotatable bonds is 2. The van der Waals surface area contributed by atoms with Gasteiger partial charge in [0.1, 0.15) is 12.1 Å². The molecular weight excluding hydrogens is 288 g/mol. The van der Waals surface area contributed by atoms with E-state index in [-0.39, 0.29) is 6.04 Å². The van der Waals surface area contributed by atoms with Crippen LogP contribution in [0.1, 0.15) is 42.6 Å². The van der Waals surface area contributed by atoms with E-state index in [1.807, 2.05) is 19.1 Å². The van der Waals surface area contributed by atoms with Crippen molar-refractivity contribution in [1.29, 1.82) is 5.26 Å². The molecule has 2 aromatic rings. The van der Waals surface area contributed by atoms with Gasteiger partial charge in [0.15, 0.2) is 5.82 Å². The van der Waals surface area contributed by atoms with Gasteiger partial charge in [0, 0.05) is 12.2 Å². The maximum absolute atomic E-state index is 8.97. The van der Waals surface area contributed by atoms with Gasteiger partial charge in [-0.25, -0.2) is 0 Å². The number of hydrogen-bond acceptors (Lipinski definition) is 5. The molecular formula is C15H15ClN4O. The normalized spacial score (nSPS) is 18.5. The fraction of sp³-hybridized carbons (Fsp3) is 0.400. The van der Waals surface area contributed by atoms with Gasteiger partial charge in [0.05, 0.1) is 10.6 Å². The van der Waals surface area contributed by atoms with Gasteiger partial charge in [-0.15, -0.1) is 0 Å². The van der Waals surface area contributed by atoms with Crippen LogP contribution < -0.4 is 4.90 Å². The molecule has 1 saturated heterocycles. The van der Waals surface area contributed by atoms with Crippen molar-refractivity contribution >= 4 is 17.3 Å². The van der Waals surface area contributed by atoms with Crippen molar-refractivity contribution in [3.8, 4) is 6.07 Å². The van der Waals surface area contributed by atoms with Crippen LogP contribution in [0, 0.1) is 18.3 Å². The van der Waals surface area contributed by atoms with Crippen LogP contribution in [0.2, 0.25) is 5.02 Å². The standard InChI is InChI=1S/C15H15ClN4O/c1-10-18-15(21-19-10)14-4-2-3-7-20(14)12-6-5-11(9-17)13(16)8-12/h5-6,8,14H,2-4,7H2,1H3. The first kappa shape index (κ1) is 13.9. The van der Waals surface area contributed by atoms with Gasteiger partial charge in [-0.3, -0.25) is 0 Å². The SMILES string of the molecule is Cc1noc(C2CCCCN2c2ccc(C#N)c(Cl)c2)n1. The number of nitriles is 1. The van der Waals surface area contributed by atoms with Gasteiger partial charge < -0.3 is 9.42 Å². The van der Waals surface area contributed by atoms with Crippen LogP contribution in [0.15, 0.2) is 22.7 Å². The summed E-state index contributed by atoms with van der Waals surface area (Å²) < 4.78 is 5.34.